The maximum absolute atomic E-state index is 6.73. The first kappa shape index (κ1) is 27.9. The molecule has 9 rings (SSSR count). The lowest BCUT2D eigenvalue weighted by Crippen LogP contribution is -2.10. The van der Waals surface area contributed by atoms with E-state index in [0.29, 0.717) is 0 Å². The minimum atomic E-state index is 0.839. The van der Waals surface area contributed by atoms with Crippen molar-refractivity contribution in [2.45, 2.75) is 0 Å². The topological polar surface area (TPSA) is 12.5 Å². The van der Waals surface area contributed by atoms with Gasteiger partial charge in [0.05, 0.1) is 0 Å². The van der Waals surface area contributed by atoms with Crippen LogP contribution in [0.1, 0.15) is 0 Å². The molecule has 0 saturated carbocycles. The molecule has 226 valence electrons. The first-order valence-electron chi connectivity index (χ1n) is 16.3. The van der Waals surface area contributed by atoms with Crippen LogP contribution in [-0.4, -0.2) is 0 Å². The van der Waals surface area contributed by atoms with Crippen LogP contribution in [0.2, 0.25) is 0 Å². The van der Waals surface area contributed by atoms with E-state index in [1.165, 1.54) is 38.6 Å². The lowest BCUT2D eigenvalue weighted by molar-refractivity contribution is 0.488. The summed E-state index contributed by atoms with van der Waals surface area (Å²) in [6.07, 6.45) is 0. The lowest BCUT2D eigenvalue weighted by Gasteiger charge is -2.27. The summed E-state index contributed by atoms with van der Waals surface area (Å²) < 4.78 is 6.73. The Morgan fingerprint density at radius 1 is 0.312 bits per heavy atom. The first-order valence-corrected chi connectivity index (χ1v) is 16.3. The molecule has 2 heteroatoms. The average molecular weight is 614 g/mol. The molecule has 0 amide bonds. The van der Waals surface area contributed by atoms with Crippen LogP contribution in [0.25, 0.3) is 55.3 Å². The van der Waals surface area contributed by atoms with Crippen LogP contribution in [-0.2, 0) is 0 Å². The quantitative estimate of drug-likeness (QED) is 0.191. The second kappa shape index (κ2) is 11.8. The van der Waals surface area contributed by atoms with Gasteiger partial charge in [0.15, 0.2) is 0 Å². The SMILES string of the molecule is c1ccc(-c2ccc(N(c3ccc4c(c3)-c3c(-c5ccccc5)cccc3-c3ccccc3O4)c3ccc4ccccc4c3)cc2)cc1. The van der Waals surface area contributed by atoms with Crippen LogP contribution < -0.4 is 9.64 Å². The zero-order valence-electron chi connectivity index (χ0n) is 26.3. The van der Waals surface area contributed by atoms with Gasteiger partial charge in [-0.3, -0.25) is 0 Å². The zero-order chi connectivity index (χ0) is 31.9. The van der Waals surface area contributed by atoms with E-state index in [1.54, 1.807) is 0 Å². The molecule has 0 spiro atoms. The molecule has 0 unspecified atom stereocenters. The van der Waals surface area contributed by atoms with E-state index in [-0.39, 0.29) is 0 Å². The summed E-state index contributed by atoms with van der Waals surface area (Å²) in [6.45, 7) is 0. The fourth-order valence-corrected chi connectivity index (χ4v) is 6.96. The van der Waals surface area contributed by atoms with Gasteiger partial charge in [0.25, 0.3) is 0 Å². The van der Waals surface area contributed by atoms with Gasteiger partial charge >= 0.3 is 0 Å². The largest absolute Gasteiger partial charge is 0.456 e. The number of hydrogen-bond donors (Lipinski definition) is 0. The van der Waals surface area contributed by atoms with Gasteiger partial charge in [-0.15, -0.1) is 0 Å². The summed E-state index contributed by atoms with van der Waals surface area (Å²) in [5.41, 5.74) is 12.4. The van der Waals surface area contributed by atoms with E-state index in [2.05, 4.69) is 187 Å². The lowest BCUT2D eigenvalue weighted by atomic mass is 9.87. The number of rotatable bonds is 5. The number of para-hydroxylation sites is 1. The molecule has 8 aromatic carbocycles. The van der Waals surface area contributed by atoms with Crippen molar-refractivity contribution in [3.63, 3.8) is 0 Å². The number of benzene rings is 8. The van der Waals surface area contributed by atoms with Gasteiger partial charge in [0, 0.05) is 33.8 Å². The normalized spacial score (nSPS) is 11.5. The molecule has 0 fully saturated rings. The third-order valence-electron chi connectivity index (χ3n) is 9.26. The zero-order valence-corrected chi connectivity index (χ0v) is 26.3. The van der Waals surface area contributed by atoms with Crippen molar-refractivity contribution in [2.75, 3.05) is 4.90 Å². The Kier molecular flexibility index (Phi) is 6.84. The Hall–Kier alpha value is -6.38. The van der Waals surface area contributed by atoms with Gasteiger partial charge in [-0.05, 0) is 87.1 Å². The Bertz CT molecular complexity index is 2410. The van der Waals surface area contributed by atoms with Gasteiger partial charge < -0.3 is 9.64 Å². The molecule has 2 nitrogen and oxygen atoms in total. The van der Waals surface area contributed by atoms with E-state index < -0.39 is 0 Å². The van der Waals surface area contributed by atoms with Crippen molar-refractivity contribution >= 4 is 27.8 Å². The van der Waals surface area contributed by atoms with Crippen LogP contribution in [0, 0.1) is 0 Å². The number of hydrogen-bond acceptors (Lipinski definition) is 2. The first-order chi connectivity index (χ1) is 23.8. The molecule has 0 aromatic heterocycles. The minimum Gasteiger partial charge on any atom is -0.456 e. The molecular formula is C46H31NO. The molecule has 0 radical (unpaired) electrons. The predicted molar refractivity (Wildman–Crippen MR) is 200 cm³/mol. The second-order valence-electron chi connectivity index (χ2n) is 12.2. The Morgan fingerprint density at radius 2 is 0.875 bits per heavy atom. The summed E-state index contributed by atoms with van der Waals surface area (Å²) >= 11 is 0. The molecule has 48 heavy (non-hydrogen) atoms. The summed E-state index contributed by atoms with van der Waals surface area (Å²) in [4.78, 5) is 2.35. The monoisotopic (exact) mass is 613 g/mol. The third-order valence-corrected chi connectivity index (χ3v) is 9.26. The van der Waals surface area contributed by atoms with Gasteiger partial charge in [-0.25, -0.2) is 0 Å². The molecule has 0 saturated heterocycles. The fourth-order valence-electron chi connectivity index (χ4n) is 6.96. The fraction of sp³-hybridized carbons (Fsp3) is 0. The highest BCUT2D eigenvalue weighted by Crippen LogP contribution is 2.52. The highest BCUT2D eigenvalue weighted by atomic mass is 16.5. The van der Waals surface area contributed by atoms with E-state index in [4.69, 9.17) is 4.74 Å². The summed E-state index contributed by atoms with van der Waals surface area (Å²) in [7, 11) is 0. The number of nitrogens with zero attached hydrogens (tertiary/aromatic N) is 1. The van der Waals surface area contributed by atoms with Crippen LogP contribution in [0.3, 0.4) is 0 Å². The van der Waals surface area contributed by atoms with Crippen molar-refractivity contribution in [3.8, 4) is 56.0 Å². The molecule has 0 aliphatic carbocycles. The molecule has 1 aliphatic heterocycles. The Morgan fingerprint density at radius 3 is 1.69 bits per heavy atom. The number of anilines is 3. The maximum Gasteiger partial charge on any atom is 0.135 e. The van der Waals surface area contributed by atoms with Gasteiger partial charge in [0.2, 0.25) is 0 Å². The van der Waals surface area contributed by atoms with E-state index in [9.17, 15) is 0 Å². The molecule has 0 atom stereocenters. The molecule has 8 aromatic rings. The molecule has 0 N–H and O–H groups in total. The smallest absolute Gasteiger partial charge is 0.135 e. The van der Waals surface area contributed by atoms with Crippen LogP contribution in [0.5, 0.6) is 11.5 Å². The van der Waals surface area contributed by atoms with Gasteiger partial charge in [-0.1, -0.05) is 140 Å². The van der Waals surface area contributed by atoms with Crippen molar-refractivity contribution in [1.82, 2.24) is 0 Å². The molecular weight excluding hydrogens is 583 g/mol. The van der Waals surface area contributed by atoms with Crippen LogP contribution in [0.15, 0.2) is 188 Å². The van der Waals surface area contributed by atoms with E-state index in [0.717, 1.165) is 45.3 Å². The van der Waals surface area contributed by atoms with Gasteiger partial charge in [0.1, 0.15) is 11.5 Å². The minimum absolute atomic E-state index is 0.839. The standard InChI is InChI=1S/C46H31NO/c1-3-12-32(13-4-1)34-22-25-37(26-23-34)47(38-27-24-33-14-7-8-17-36(33)30-38)39-28-29-45-43(31-39)46-40(35-15-5-2-6-16-35)19-11-20-42(46)41-18-9-10-21-44(41)48-45/h1-31H. The van der Waals surface area contributed by atoms with Gasteiger partial charge in [-0.2, -0.15) is 0 Å². The van der Waals surface area contributed by atoms with Crippen LogP contribution in [0.4, 0.5) is 17.1 Å². The van der Waals surface area contributed by atoms with E-state index in [1.807, 2.05) is 6.07 Å². The average Bonchev–Trinajstić information content (AvgIpc) is 3.30. The van der Waals surface area contributed by atoms with Crippen LogP contribution >= 0.6 is 0 Å². The third kappa shape index (κ3) is 4.92. The van der Waals surface area contributed by atoms with Crippen molar-refractivity contribution in [1.29, 1.82) is 0 Å². The molecule has 1 heterocycles. The Balaban J connectivity index is 1.27. The number of fused-ring (bicyclic) bond motifs is 6. The number of ether oxygens (including phenoxy) is 1. The van der Waals surface area contributed by atoms with Crippen molar-refractivity contribution < 1.29 is 4.74 Å². The van der Waals surface area contributed by atoms with Crippen molar-refractivity contribution in [3.05, 3.63) is 188 Å². The Labute approximate surface area is 280 Å². The molecule has 0 bridgehead atoms. The summed E-state index contributed by atoms with van der Waals surface area (Å²) in [5.74, 6) is 1.70. The highest BCUT2D eigenvalue weighted by Gasteiger charge is 2.25. The van der Waals surface area contributed by atoms with E-state index >= 15 is 0 Å². The highest BCUT2D eigenvalue weighted by molar-refractivity contribution is 6.00. The predicted octanol–water partition coefficient (Wildman–Crippen LogP) is 13.1. The summed E-state index contributed by atoms with van der Waals surface area (Å²) in [6, 6.07) is 66.9. The van der Waals surface area contributed by atoms with Crippen molar-refractivity contribution in [2.24, 2.45) is 0 Å². The second-order valence-corrected chi connectivity index (χ2v) is 12.2. The molecule has 1 aliphatic rings. The summed E-state index contributed by atoms with van der Waals surface area (Å²) in [5, 5.41) is 2.42. The maximum atomic E-state index is 6.73.